The molecule has 8 nitrogen and oxygen atoms in total. The molecule has 160 valence electrons. The zero-order chi connectivity index (χ0) is 21.3. The van der Waals surface area contributed by atoms with Crippen LogP contribution in [0.2, 0.25) is 0 Å². The highest BCUT2D eigenvalue weighted by molar-refractivity contribution is 5.78. The first-order valence-electron chi connectivity index (χ1n) is 10.4. The van der Waals surface area contributed by atoms with Crippen LogP contribution in [-0.2, 0) is 11.2 Å². The van der Waals surface area contributed by atoms with Crippen LogP contribution in [0.15, 0.2) is 59.8 Å². The van der Waals surface area contributed by atoms with E-state index in [9.17, 15) is 0 Å². The number of ether oxygens (including phenoxy) is 2. The molecule has 1 N–H and O–H groups in total. The maximum absolute atomic E-state index is 5.93. The maximum Gasteiger partial charge on any atom is 0.229 e. The van der Waals surface area contributed by atoms with Crippen LogP contribution in [0.4, 0.5) is 11.6 Å². The number of hydrogen-bond acceptors (Lipinski definition) is 8. The van der Waals surface area contributed by atoms with E-state index in [0.717, 1.165) is 24.5 Å². The Morgan fingerprint density at radius 3 is 2.84 bits per heavy atom. The van der Waals surface area contributed by atoms with Gasteiger partial charge < -0.3 is 14.4 Å². The SMILES string of the molecule is Cc1cccc(NN=Cc2cc(OCCc3ccccn3)nc(N3CCOCC3)n2)c1. The van der Waals surface area contributed by atoms with E-state index in [1.165, 1.54) is 5.56 Å². The van der Waals surface area contributed by atoms with Crippen molar-refractivity contribution in [3.63, 3.8) is 0 Å². The van der Waals surface area contributed by atoms with Gasteiger partial charge in [0.25, 0.3) is 0 Å². The molecule has 1 aliphatic rings. The van der Waals surface area contributed by atoms with Gasteiger partial charge in [-0.2, -0.15) is 10.1 Å². The van der Waals surface area contributed by atoms with E-state index in [4.69, 9.17) is 9.47 Å². The number of anilines is 2. The first kappa shape index (κ1) is 20.7. The summed E-state index contributed by atoms with van der Waals surface area (Å²) in [5.74, 6) is 1.14. The number of pyridine rings is 1. The van der Waals surface area contributed by atoms with Crippen LogP contribution in [0.1, 0.15) is 17.0 Å². The van der Waals surface area contributed by atoms with E-state index in [-0.39, 0.29) is 0 Å². The number of nitrogens with zero attached hydrogens (tertiary/aromatic N) is 5. The highest BCUT2D eigenvalue weighted by atomic mass is 16.5. The molecule has 4 rings (SSSR count). The fourth-order valence-electron chi connectivity index (χ4n) is 3.17. The quantitative estimate of drug-likeness (QED) is 0.444. The number of aryl methyl sites for hydroxylation is 1. The molecule has 3 heterocycles. The van der Waals surface area contributed by atoms with Crippen molar-refractivity contribution in [1.29, 1.82) is 0 Å². The number of rotatable bonds is 8. The third kappa shape index (κ3) is 6.23. The summed E-state index contributed by atoms with van der Waals surface area (Å²) in [6.45, 7) is 5.33. The number of benzene rings is 1. The van der Waals surface area contributed by atoms with Gasteiger partial charge in [-0.3, -0.25) is 10.4 Å². The summed E-state index contributed by atoms with van der Waals surface area (Å²) in [7, 11) is 0. The highest BCUT2D eigenvalue weighted by Gasteiger charge is 2.16. The van der Waals surface area contributed by atoms with E-state index in [1.54, 1.807) is 18.5 Å². The molecule has 0 saturated carbocycles. The molecule has 1 saturated heterocycles. The zero-order valence-corrected chi connectivity index (χ0v) is 17.6. The zero-order valence-electron chi connectivity index (χ0n) is 17.6. The van der Waals surface area contributed by atoms with Crippen LogP contribution in [0.3, 0.4) is 0 Å². The van der Waals surface area contributed by atoms with Gasteiger partial charge in [-0.15, -0.1) is 0 Å². The minimum Gasteiger partial charge on any atom is -0.477 e. The number of aromatic nitrogens is 3. The average molecular weight is 419 g/mol. The second-order valence-electron chi connectivity index (χ2n) is 7.19. The fourth-order valence-corrected chi connectivity index (χ4v) is 3.17. The lowest BCUT2D eigenvalue weighted by Crippen LogP contribution is -2.37. The van der Waals surface area contributed by atoms with Crippen LogP contribution >= 0.6 is 0 Å². The Bertz CT molecular complexity index is 1010. The van der Waals surface area contributed by atoms with E-state index < -0.39 is 0 Å². The van der Waals surface area contributed by atoms with E-state index in [2.05, 4.69) is 30.4 Å². The van der Waals surface area contributed by atoms with Gasteiger partial charge in [-0.1, -0.05) is 18.2 Å². The van der Waals surface area contributed by atoms with Gasteiger partial charge >= 0.3 is 0 Å². The second kappa shape index (κ2) is 10.5. The Balaban J connectivity index is 1.47. The molecule has 0 aliphatic carbocycles. The molecule has 0 spiro atoms. The summed E-state index contributed by atoms with van der Waals surface area (Å²) in [4.78, 5) is 15.7. The summed E-state index contributed by atoms with van der Waals surface area (Å²) in [5.41, 5.74) is 6.78. The smallest absolute Gasteiger partial charge is 0.229 e. The van der Waals surface area contributed by atoms with Gasteiger partial charge in [0.1, 0.15) is 0 Å². The van der Waals surface area contributed by atoms with Gasteiger partial charge in [0.2, 0.25) is 11.8 Å². The molecule has 0 amide bonds. The minimum absolute atomic E-state index is 0.481. The van der Waals surface area contributed by atoms with Crippen LogP contribution in [0.25, 0.3) is 0 Å². The molecular weight excluding hydrogens is 392 g/mol. The third-order valence-electron chi connectivity index (χ3n) is 4.75. The standard InChI is InChI=1S/C23H26N6O2/c1-18-5-4-7-20(15-18)28-25-17-21-16-22(31-12-8-19-6-2-3-9-24-19)27-23(26-21)29-10-13-30-14-11-29/h2-7,9,15-17,28H,8,10-14H2,1H3. The predicted octanol–water partition coefficient (Wildman–Crippen LogP) is 3.08. The first-order valence-corrected chi connectivity index (χ1v) is 10.4. The lowest BCUT2D eigenvalue weighted by atomic mass is 10.2. The van der Waals surface area contributed by atoms with Gasteiger partial charge in [0, 0.05) is 37.5 Å². The number of hydrogen-bond donors (Lipinski definition) is 1. The molecule has 8 heteroatoms. The number of hydrazone groups is 1. The maximum atomic E-state index is 5.93. The van der Waals surface area contributed by atoms with E-state index >= 15 is 0 Å². The molecule has 3 aromatic rings. The molecule has 0 radical (unpaired) electrons. The monoisotopic (exact) mass is 418 g/mol. The Kier molecular flexibility index (Phi) is 7.02. The average Bonchev–Trinajstić information content (AvgIpc) is 2.80. The van der Waals surface area contributed by atoms with E-state index in [1.807, 2.05) is 49.4 Å². The van der Waals surface area contributed by atoms with Crippen LogP contribution in [0, 0.1) is 6.92 Å². The van der Waals surface area contributed by atoms with Gasteiger partial charge in [-0.05, 0) is 36.8 Å². The molecular formula is C23H26N6O2. The van der Waals surface area contributed by atoms with E-state index in [0.29, 0.717) is 43.8 Å². The molecule has 31 heavy (non-hydrogen) atoms. The normalized spacial score (nSPS) is 14.0. The van der Waals surface area contributed by atoms with Crippen molar-refractivity contribution in [1.82, 2.24) is 15.0 Å². The lowest BCUT2D eigenvalue weighted by molar-refractivity contribution is 0.122. The highest BCUT2D eigenvalue weighted by Crippen LogP contribution is 2.17. The van der Waals surface area contributed by atoms with Gasteiger partial charge in [-0.25, -0.2) is 4.98 Å². The summed E-state index contributed by atoms with van der Waals surface area (Å²) < 4.78 is 11.4. The summed E-state index contributed by atoms with van der Waals surface area (Å²) >= 11 is 0. The van der Waals surface area contributed by atoms with Crippen LogP contribution < -0.4 is 15.1 Å². The van der Waals surface area contributed by atoms with Crippen molar-refractivity contribution in [3.05, 3.63) is 71.7 Å². The van der Waals surface area contributed by atoms with Crippen molar-refractivity contribution >= 4 is 17.9 Å². The lowest BCUT2D eigenvalue weighted by Gasteiger charge is -2.27. The van der Waals surface area contributed by atoms with Gasteiger partial charge in [0.15, 0.2) is 0 Å². The van der Waals surface area contributed by atoms with Crippen molar-refractivity contribution in [2.75, 3.05) is 43.2 Å². The minimum atomic E-state index is 0.481. The molecule has 1 aliphatic heterocycles. The fraction of sp³-hybridized carbons (Fsp3) is 0.304. The largest absolute Gasteiger partial charge is 0.477 e. The van der Waals surface area contributed by atoms with Crippen molar-refractivity contribution in [2.24, 2.45) is 5.10 Å². The third-order valence-corrected chi connectivity index (χ3v) is 4.75. The van der Waals surface area contributed by atoms with Crippen LogP contribution in [-0.4, -0.2) is 54.1 Å². The molecule has 0 atom stereocenters. The molecule has 2 aromatic heterocycles. The second-order valence-corrected chi connectivity index (χ2v) is 7.19. The Morgan fingerprint density at radius 2 is 2.03 bits per heavy atom. The Labute approximate surface area is 182 Å². The molecule has 0 bridgehead atoms. The number of nitrogens with one attached hydrogen (secondary N) is 1. The molecule has 1 fully saturated rings. The number of morpholine rings is 1. The Morgan fingerprint density at radius 1 is 1.13 bits per heavy atom. The van der Waals surface area contributed by atoms with Crippen molar-refractivity contribution in [3.8, 4) is 5.88 Å². The summed E-state index contributed by atoms with van der Waals surface area (Å²) in [6, 6.07) is 15.7. The van der Waals surface area contributed by atoms with Gasteiger partial charge in [0.05, 0.1) is 37.4 Å². The van der Waals surface area contributed by atoms with Crippen LogP contribution in [0.5, 0.6) is 5.88 Å². The summed E-state index contributed by atoms with van der Waals surface area (Å²) in [6.07, 6.45) is 4.17. The van der Waals surface area contributed by atoms with Crippen molar-refractivity contribution in [2.45, 2.75) is 13.3 Å². The molecule has 1 aromatic carbocycles. The summed E-state index contributed by atoms with van der Waals surface area (Å²) in [5, 5.41) is 4.33. The topological polar surface area (TPSA) is 84.8 Å². The first-order chi connectivity index (χ1) is 15.3. The Hall–Kier alpha value is -3.52. The van der Waals surface area contributed by atoms with Crippen molar-refractivity contribution < 1.29 is 9.47 Å². The predicted molar refractivity (Wildman–Crippen MR) is 121 cm³/mol. The molecule has 0 unspecified atom stereocenters.